The average molecular weight is 630 g/mol. The van der Waals surface area contributed by atoms with E-state index in [2.05, 4.69) is 26.2 Å². The number of alkyl halides is 6. The van der Waals surface area contributed by atoms with Gasteiger partial charge in [0.15, 0.2) is 0 Å². The molecular weight excluding hydrogens is 612 g/mol. The molecule has 0 aliphatic carbocycles. The Labute approximate surface area is 230 Å². The van der Waals surface area contributed by atoms with Gasteiger partial charge in [-0.25, -0.2) is 9.78 Å². The standard InChI is InChI=1S/C26H18BrF6N3O4/c1-2-39-21(37)12-34-23-22(35-20-7-6-18(27)13-36(20)23)14-4-3-5-19(10-14)40-24(38)15-8-16(25(28,29)30)11-17(9-15)26(31,32)33/h3-11,13,34H,2,12H2,1H3. The number of hydrogen-bond acceptors (Lipinski definition) is 6. The Hall–Kier alpha value is -4.07. The molecule has 4 rings (SSSR count). The van der Waals surface area contributed by atoms with Crippen LogP contribution in [0, 0.1) is 0 Å². The first-order valence-corrected chi connectivity index (χ1v) is 12.2. The number of halogens is 7. The van der Waals surface area contributed by atoms with Crippen molar-refractivity contribution in [3.05, 3.63) is 82.0 Å². The van der Waals surface area contributed by atoms with Crippen molar-refractivity contribution < 1.29 is 45.4 Å². The van der Waals surface area contributed by atoms with Crippen LogP contribution in [0.4, 0.5) is 32.2 Å². The van der Waals surface area contributed by atoms with Crippen molar-refractivity contribution in [3.8, 4) is 17.0 Å². The fraction of sp³-hybridized carbons (Fsp3) is 0.192. The first-order valence-electron chi connectivity index (χ1n) is 11.5. The molecule has 0 unspecified atom stereocenters. The number of imidazole rings is 1. The average Bonchev–Trinajstić information content (AvgIpc) is 3.24. The summed E-state index contributed by atoms with van der Waals surface area (Å²) in [5.74, 6) is -1.74. The molecule has 0 bridgehead atoms. The van der Waals surface area contributed by atoms with Gasteiger partial charge in [-0.1, -0.05) is 12.1 Å². The van der Waals surface area contributed by atoms with Crippen molar-refractivity contribution in [1.29, 1.82) is 0 Å². The van der Waals surface area contributed by atoms with Crippen molar-refractivity contribution in [2.45, 2.75) is 19.3 Å². The summed E-state index contributed by atoms with van der Waals surface area (Å²) in [6.45, 7) is 1.63. The molecule has 2 aromatic carbocycles. The minimum Gasteiger partial charge on any atom is -0.465 e. The molecule has 2 heterocycles. The zero-order chi connectivity index (χ0) is 29.2. The van der Waals surface area contributed by atoms with Crippen molar-refractivity contribution in [1.82, 2.24) is 9.38 Å². The maximum absolute atomic E-state index is 13.2. The number of fused-ring (bicyclic) bond motifs is 1. The molecule has 210 valence electrons. The lowest BCUT2D eigenvalue weighted by Gasteiger charge is -2.14. The Bertz CT molecular complexity index is 1550. The molecule has 0 aliphatic rings. The van der Waals surface area contributed by atoms with Crippen LogP contribution >= 0.6 is 15.9 Å². The van der Waals surface area contributed by atoms with Gasteiger partial charge in [-0.05, 0) is 65.3 Å². The van der Waals surface area contributed by atoms with Crippen molar-refractivity contribution in [3.63, 3.8) is 0 Å². The van der Waals surface area contributed by atoms with E-state index >= 15 is 0 Å². The highest BCUT2D eigenvalue weighted by Crippen LogP contribution is 2.37. The second-order valence-corrected chi connectivity index (χ2v) is 9.17. The topological polar surface area (TPSA) is 81.9 Å². The van der Waals surface area contributed by atoms with Gasteiger partial charge in [0.2, 0.25) is 0 Å². The minimum absolute atomic E-state index is 0.0794. The minimum atomic E-state index is -5.12. The molecule has 0 saturated carbocycles. The molecule has 0 aliphatic heterocycles. The molecule has 7 nitrogen and oxygen atoms in total. The number of pyridine rings is 1. The zero-order valence-electron chi connectivity index (χ0n) is 20.4. The quantitative estimate of drug-likeness (QED) is 0.135. The molecule has 1 N–H and O–H groups in total. The predicted octanol–water partition coefficient (Wildman–Crippen LogP) is 7.00. The van der Waals surface area contributed by atoms with Crippen LogP contribution in [0.2, 0.25) is 0 Å². The fourth-order valence-electron chi connectivity index (χ4n) is 3.70. The summed E-state index contributed by atoms with van der Waals surface area (Å²) in [5, 5.41) is 2.96. The lowest BCUT2D eigenvalue weighted by atomic mass is 10.0. The molecule has 0 saturated heterocycles. The van der Waals surface area contributed by atoms with Gasteiger partial charge < -0.3 is 14.8 Å². The summed E-state index contributed by atoms with van der Waals surface area (Å²) >= 11 is 3.37. The lowest BCUT2D eigenvalue weighted by Crippen LogP contribution is -2.18. The van der Waals surface area contributed by atoms with Gasteiger partial charge in [0.1, 0.15) is 29.5 Å². The van der Waals surface area contributed by atoms with Crippen molar-refractivity contribution in [2.24, 2.45) is 0 Å². The van der Waals surface area contributed by atoms with E-state index in [0.717, 1.165) is 0 Å². The summed E-state index contributed by atoms with van der Waals surface area (Å²) in [7, 11) is 0. The maximum Gasteiger partial charge on any atom is 0.416 e. The van der Waals surface area contributed by atoms with E-state index in [1.54, 1.807) is 35.7 Å². The van der Waals surface area contributed by atoms with Crippen LogP contribution in [0.1, 0.15) is 28.4 Å². The number of benzene rings is 2. The van der Waals surface area contributed by atoms with E-state index in [0.29, 0.717) is 39.3 Å². The maximum atomic E-state index is 13.2. The molecule has 4 aromatic rings. The highest BCUT2D eigenvalue weighted by molar-refractivity contribution is 9.10. The summed E-state index contributed by atoms with van der Waals surface area (Å²) in [6, 6.07) is 9.63. The Balaban J connectivity index is 1.69. The smallest absolute Gasteiger partial charge is 0.416 e. The normalized spacial score (nSPS) is 11.9. The number of nitrogens with one attached hydrogen (secondary N) is 1. The number of nitrogens with zero attached hydrogens (tertiary/aromatic N) is 2. The third-order valence-electron chi connectivity index (χ3n) is 5.43. The van der Waals surface area contributed by atoms with E-state index in [1.807, 2.05) is 0 Å². The van der Waals surface area contributed by atoms with E-state index in [-0.39, 0.29) is 25.0 Å². The van der Waals surface area contributed by atoms with Crippen LogP contribution in [0.5, 0.6) is 5.75 Å². The fourth-order valence-corrected chi connectivity index (χ4v) is 4.04. The molecule has 14 heteroatoms. The van der Waals surface area contributed by atoms with Gasteiger partial charge in [-0.2, -0.15) is 26.3 Å². The Morgan fingerprint density at radius 1 is 0.975 bits per heavy atom. The third-order valence-corrected chi connectivity index (χ3v) is 5.90. The molecule has 0 spiro atoms. The van der Waals surface area contributed by atoms with Gasteiger partial charge in [0, 0.05) is 16.2 Å². The molecule has 0 radical (unpaired) electrons. The van der Waals surface area contributed by atoms with Crippen LogP contribution < -0.4 is 10.1 Å². The molecule has 2 aromatic heterocycles. The largest absolute Gasteiger partial charge is 0.465 e. The van der Waals surface area contributed by atoms with Crippen LogP contribution in [0.15, 0.2) is 65.3 Å². The second-order valence-electron chi connectivity index (χ2n) is 8.26. The Kier molecular flexibility index (Phi) is 8.10. The van der Waals surface area contributed by atoms with Gasteiger partial charge in [-0.3, -0.25) is 9.20 Å². The Morgan fingerprint density at radius 2 is 1.65 bits per heavy atom. The van der Waals surface area contributed by atoms with Crippen molar-refractivity contribution >= 4 is 39.3 Å². The number of carbonyl (C=O) groups is 2. The van der Waals surface area contributed by atoms with E-state index in [9.17, 15) is 35.9 Å². The molecular formula is C26H18BrF6N3O4. The first kappa shape index (κ1) is 28.9. The van der Waals surface area contributed by atoms with Gasteiger partial charge in [0.25, 0.3) is 0 Å². The lowest BCUT2D eigenvalue weighted by molar-refractivity contribution is -0.143. The van der Waals surface area contributed by atoms with Gasteiger partial charge in [-0.15, -0.1) is 0 Å². The van der Waals surface area contributed by atoms with E-state index in [1.165, 1.54) is 18.2 Å². The molecule has 40 heavy (non-hydrogen) atoms. The first-order chi connectivity index (χ1) is 18.8. The number of carbonyl (C=O) groups excluding carboxylic acids is 2. The van der Waals surface area contributed by atoms with Gasteiger partial charge >= 0.3 is 24.3 Å². The number of rotatable bonds is 7. The Morgan fingerprint density at radius 3 is 2.27 bits per heavy atom. The molecule has 0 amide bonds. The summed E-state index contributed by atoms with van der Waals surface area (Å²) in [5.41, 5.74) is -3.04. The number of anilines is 1. The predicted molar refractivity (Wildman–Crippen MR) is 135 cm³/mol. The number of esters is 2. The monoisotopic (exact) mass is 629 g/mol. The summed E-state index contributed by atoms with van der Waals surface area (Å²) < 4.78 is 91.7. The van der Waals surface area contributed by atoms with Crippen LogP contribution in [0.3, 0.4) is 0 Å². The SMILES string of the molecule is CCOC(=O)CNc1c(-c2cccc(OC(=O)c3cc(C(F)(F)F)cc(C(F)(F)F)c3)c2)nc2ccc(Br)cn12. The highest BCUT2D eigenvalue weighted by atomic mass is 79.9. The molecule has 0 fully saturated rings. The molecule has 0 atom stereocenters. The second kappa shape index (κ2) is 11.2. The highest BCUT2D eigenvalue weighted by Gasteiger charge is 2.37. The van der Waals surface area contributed by atoms with Crippen LogP contribution in [-0.2, 0) is 21.9 Å². The van der Waals surface area contributed by atoms with Gasteiger partial charge in [0.05, 0.1) is 23.3 Å². The van der Waals surface area contributed by atoms with Crippen LogP contribution in [0.25, 0.3) is 16.9 Å². The van der Waals surface area contributed by atoms with E-state index < -0.39 is 41.0 Å². The summed E-state index contributed by atoms with van der Waals surface area (Å²) in [6.07, 6.45) is -8.56. The summed E-state index contributed by atoms with van der Waals surface area (Å²) in [4.78, 5) is 29.1. The third kappa shape index (κ3) is 6.55. The zero-order valence-corrected chi connectivity index (χ0v) is 21.9. The van der Waals surface area contributed by atoms with Crippen molar-refractivity contribution in [2.75, 3.05) is 18.5 Å². The van der Waals surface area contributed by atoms with Crippen LogP contribution in [-0.4, -0.2) is 34.5 Å². The number of aromatic nitrogens is 2. The number of ether oxygens (including phenoxy) is 2. The van der Waals surface area contributed by atoms with E-state index in [4.69, 9.17) is 9.47 Å². The number of hydrogen-bond donors (Lipinski definition) is 1.